The molecule has 41 heavy (non-hydrogen) atoms. The molecule has 2 rings (SSSR count). The van der Waals surface area contributed by atoms with Gasteiger partial charge in [-0.2, -0.15) is 0 Å². The fourth-order valence-electron chi connectivity index (χ4n) is 4.22. The van der Waals surface area contributed by atoms with E-state index in [1.165, 1.54) is 0 Å². The third-order valence-electron chi connectivity index (χ3n) is 7.59. The fourth-order valence-corrected chi connectivity index (χ4v) is 11.5. The third-order valence-corrected chi connectivity index (χ3v) is 19.9. The van der Waals surface area contributed by atoms with E-state index in [0.29, 0.717) is 0 Å². The molecule has 16 radical (unpaired) electrons. The van der Waals surface area contributed by atoms with Crippen LogP contribution in [0.1, 0.15) is 0 Å². The second kappa shape index (κ2) is 16.7. The Morgan fingerprint density at radius 2 is 0.366 bits per heavy atom. The van der Waals surface area contributed by atoms with Crippen molar-refractivity contribution in [3.05, 3.63) is 97.5 Å². The third kappa shape index (κ3) is 15.9. The first kappa shape index (κ1) is 43.7. The predicted octanol–water partition coefficient (Wildman–Crippen LogP) is 10.8. The van der Waals surface area contributed by atoms with Crippen LogP contribution in [0.4, 0.5) is 0 Å². The molecule has 0 aromatic rings. The van der Waals surface area contributed by atoms with Crippen LogP contribution in [0.2, 0.25) is 118 Å². The van der Waals surface area contributed by atoms with Crippen molar-refractivity contribution in [3.8, 4) is 0 Å². The van der Waals surface area contributed by atoms with E-state index < -0.39 is 48.4 Å². The topological polar surface area (TPSA) is 0 Å². The van der Waals surface area contributed by atoms with E-state index in [0.717, 1.165) is 0 Å². The van der Waals surface area contributed by atoms with E-state index in [4.69, 9.17) is 0 Å². The van der Waals surface area contributed by atoms with Gasteiger partial charge >= 0.3 is 0 Å². The molecule has 0 amide bonds. The first-order chi connectivity index (χ1) is 17.6. The minimum atomic E-state index is -1.28. The van der Waals surface area contributed by atoms with Crippen molar-refractivity contribution >= 4 is 48.4 Å². The van der Waals surface area contributed by atoms with E-state index in [1.54, 1.807) is 33.2 Å². The maximum absolute atomic E-state index is 2.51. The zero-order valence-electron chi connectivity index (χ0n) is 30.3. The molecular formula is C34H64CeSi6. The summed E-state index contributed by atoms with van der Waals surface area (Å²) in [4.78, 5) is 0. The van der Waals surface area contributed by atoms with Crippen molar-refractivity contribution in [1.82, 2.24) is 0 Å². The van der Waals surface area contributed by atoms with Crippen LogP contribution in [0, 0.1) is 139 Å². The molecule has 228 valence electrons. The molecule has 0 aliphatic heterocycles. The molecule has 0 atom stereocenters. The first-order valence-corrected chi connectivity index (χ1v) is 36.3. The Morgan fingerprint density at radius 1 is 0.244 bits per heavy atom. The van der Waals surface area contributed by atoms with Gasteiger partial charge in [0.2, 0.25) is 0 Å². The van der Waals surface area contributed by atoms with E-state index in [1.807, 2.05) is 0 Å². The van der Waals surface area contributed by atoms with Crippen LogP contribution in [0.15, 0.2) is 0 Å². The standard InChI is InChI=1S/2C17H32Si3.Ce/c2*1-18(2,3)15-10-12-16(19(4,5)6)14-17(13-11-15)20(7,8)9;/h2*10-14H,1-9H3;. The van der Waals surface area contributed by atoms with Gasteiger partial charge in [-0.25, -0.2) is 0 Å². The summed E-state index contributed by atoms with van der Waals surface area (Å²) in [5, 5.41) is 0. The van der Waals surface area contributed by atoms with Gasteiger partial charge in [-0.15, -0.1) is 0 Å². The average molecular weight is 782 g/mol. The molecule has 0 aromatic heterocycles. The quantitative estimate of drug-likeness (QED) is 0.236. The second-order valence-corrected chi connectivity index (χ2v) is 48.3. The maximum Gasteiger partial charge on any atom is 0.0516 e. The summed E-state index contributed by atoms with van der Waals surface area (Å²) in [6.45, 7) is 44.0. The number of rotatable bonds is 6. The molecule has 2 aliphatic rings. The van der Waals surface area contributed by atoms with Gasteiger partial charge in [-0.05, 0) is 97.5 Å². The van der Waals surface area contributed by atoms with E-state index in [2.05, 4.69) is 182 Å². The number of hydrogen-bond donors (Lipinski definition) is 0. The Labute approximate surface area is 302 Å². The van der Waals surface area contributed by atoms with Crippen molar-refractivity contribution in [3.63, 3.8) is 0 Å². The SMILES string of the molecule is C[Si](C)(C)[C]1[CH][CH][C]([Si](C)(C)C)[CH][C]([Si](C)(C)C)[CH][CH]1.C[Si](C)(C)[C]1[CH][CH][C]([Si](C)(C)C)[CH][C]([Si](C)(C)C)[CH][CH]1.[Ce]. The van der Waals surface area contributed by atoms with E-state index in [-0.39, 0.29) is 41.7 Å². The molecule has 0 heterocycles. The van der Waals surface area contributed by atoms with Gasteiger partial charge in [-0.3, -0.25) is 0 Å². The molecule has 2 fully saturated rings. The molecular weight excluding hydrogens is 717 g/mol. The summed E-state index contributed by atoms with van der Waals surface area (Å²) >= 11 is 0. The van der Waals surface area contributed by atoms with Gasteiger partial charge in [0.05, 0.1) is 48.4 Å². The van der Waals surface area contributed by atoms with E-state index in [9.17, 15) is 0 Å². The van der Waals surface area contributed by atoms with Crippen LogP contribution in [0.5, 0.6) is 0 Å². The van der Waals surface area contributed by atoms with Gasteiger partial charge < -0.3 is 0 Å². The van der Waals surface area contributed by atoms with Crippen LogP contribution in [0.25, 0.3) is 0 Å². The van der Waals surface area contributed by atoms with Crippen molar-refractivity contribution in [2.24, 2.45) is 0 Å². The Kier molecular flexibility index (Phi) is 17.8. The molecule has 0 aromatic carbocycles. The van der Waals surface area contributed by atoms with Gasteiger partial charge in [0.15, 0.2) is 0 Å². The molecule has 2 saturated carbocycles. The van der Waals surface area contributed by atoms with Gasteiger partial charge in [0.25, 0.3) is 0 Å². The molecule has 0 nitrogen and oxygen atoms in total. The Morgan fingerprint density at radius 3 is 0.488 bits per heavy atom. The monoisotopic (exact) mass is 780 g/mol. The Hall–Kier alpha value is 2.68. The molecule has 2 aliphatic carbocycles. The number of hydrogen-bond acceptors (Lipinski definition) is 0. The zero-order valence-corrected chi connectivity index (χ0v) is 39.4. The Balaban J connectivity index is 0.000000762. The molecule has 7 heteroatoms. The largest absolute Gasteiger partial charge is 0.0691 e. The minimum Gasteiger partial charge on any atom is -0.0691 e. The summed E-state index contributed by atoms with van der Waals surface area (Å²) in [5.41, 5.74) is 9.50. The fraction of sp³-hybridized carbons (Fsp3) is 0.529. The van der Waals surface area contributed by atoms with Crippen LogP contribution in [0.3, 0.4) is 0 Å². The first-order valence-electron chi connectivity index (χ1n) is 15.3. The maximum atomic E-state index is 2.51. The van der Waals surface area contributed by atoms with Crippen molar-refractivity contribution in [1.29, 1.82) is 0 Å². The molecule has 0 N–H and O–H groups in total. The molecule has 0 unspecified atom stereocenters. The summed E-state index contributed by atoms with van der Waals surface area (Å²) in [7, 11) is -7.62. The smallest absolute Gasteiger partial charge is 0.0516 e. The van der Waals surface area contributed by atoms with Crippen molar-refractivity contribution < 1.29 is 41.7 Å². The van der Waals surface area contributed by atoms with Gasteiger partial charge in [0.1, 0.15) is 0 Å². The van der Waals surface area contributed by atoms with E-state index >= 15 is 0 Å². The van der Waals surface area contributed by atoms with Crippen LogP contribution < -0.4 is 0 Å². The van der Waals surface area contributed by atoms with Crippen LogP contribution in [-0.2, 0) is 0 Å². The van der Waals surface area contributed by atoms with Crippen molar-refractivity contribution in [2.75, 3.05) is 0 Å². The van der Waals surface area contributed by atoms with Gasteiger partial charge in [-0.1, -0.05) is 118 Å². The molecule has 0 saturated heterocycles. The summed E-state index contributed by atoms with van der Waals surface area (Å²) in [6.07, 6.45) is 24.3. The zero-order chi connectivity index (χ0) is 31.5. The molecule has 0 bridgehead atoms. The summed E-state index contributed by atoms with van der Waals surface area (Å²) in [6, 6.07) is 0. The van der Waals surface area contributed by atoms with Crippen molar-refractivity contribution in [2.45, 2.75) is 118 Å². The summed E-state index contributed by atoms with van der Waals surface area (Å²) in [5.74, 6) is 0. The predicted molar refractivity (Wildman–Crippen MR) is 203 cm³/mol. The second-order valence-electron chi connectivity index (χ2n) is 17.9. The minimum absolute atomic E-state index is 0. The Bertz CT molecular complexity index is 630. The molecule has 0 spiro atoms. The van der Waals surface area contributed by atoms with Gasteiger partial charge in [0, 0.05) is 41.7 Å². The normalized spacial score (nSPS) is 22.1. The van der Waals surface area contributed by atoms with Crippen LogP contribution >= 0.6 is 0 Å². The van der Waals surface area contributed by atoms with Crippen LogP contribution in [-0.4, -0.2) is 48.4 Å². The summed E-state index contributed by atoms with van der Waals surface area (Å²) < 4.78 is 0. The average Bonchev–Trinajstić information content (AvgIpc) is 2.61.